The summed E-state index contributed by atoms with van der Waals surface area (Å²) in [4.78, 5) is 0. The Labute approximate surface area is 53.2 Å². The van der Waals surface area contributed by atoms with Crippen LogP contribution in [0.4, 0.5) is 0 Å². The molecule has 2 aliphatic carbocycles. The normalized spacial score (nSPS) is 68.6. The van der Waals surface area contributed by atoms with Crippen molar-refractivity contribution in [1.29, 1.82) is 0 Å². The van der Waals surface area contributed by atoms with Crippen LogP contribution >= 0.6 is 9.24 Å². The van der Waals surface area contributed by atoms with Crippen molar-refractivity contribution in [2.24, 2.45) is 23.7 Å². The third-order valence-corrected chi connectivity index (χ3v) is 4.23. The molecule has 2 fully saturated rings. The van der Waals surface area contributed by atoms with E-state index >= 15 is 0 Å². The summed E-state index contributed by atoms with van der Waals surface area (Å²) in [6, 6.07) is 0. The van der Waals surface area contributed by atoms with Crippen LogP contribution in [0.25, 0.3) is 0 Å². The molecule has 0 amide bonds. The van der Waals surface area contributed by atoms with Crippen molar-refractivity contribution >= 4 is 9.24 Å². The van der Waals surface area contributed by atoms with Crippen LogP contribution in [0.3, 0.4) is 0 Å². The molecule has 46 valence electrons. The lowest BCUT2D eigenvalue weighted by atomic mass is 9.87. The molecule has 0 heterocycles. The van der Waals surface area contributed by atoms with E-state index in [-0.39, 0.29) is 0 Å². The largest absolute Gasteiger partial charge is 0.134 e. The van der Waals surface area contributed by atoms with E-state index in [4.69, 9.17) is 0 Å². The SMILES string of the molecule is CC1C(P)C2C(C)C12. The fourth-order valence-electron chi connectivity index (χ4n) is 2.42. The lowest BCUT2D eigenvalue weighted by Gasteiger charge is -2.28. The molecule has 6 unspecified atom stereocenters. The van der Waals surface area contributed by atoms with Crippen molar-refractivity contribution in [2.45, 2.75) is 19.5 Å². The molecule has 2 rings (SSSR count). The zero-order valence-corrected chi connectivity index (χ0v) is 6.62. The van der Waals surface area contributed by atoms with Crippen LogP contribution in [-0.2, 0) is 0 Å². The van der Waals surface area contributed by atoms with Crippen LogP contribution in [0.15, 0.2) is 0 Å². The maximum atomic E-state index is 2.96. The average Bonchev–Trinajstić information content (AvgIpc) is 2.37. The molecule has 2 aliphatic rings. The van der Waals surface area contributed by atoms with Crippen molar-refractivity contribution in [3.63, 3.8) is 0 Å². The second-order valence-electron chi connectivity index (χ2n) is 3.45. The van der Waals surface area contributed by atoms with Gasteiger partial charge in [0.2, 0.25) is 0 Å². The maximum Gasteiger partial charge on any atom is -0.0202 e. The predicted molar refractivity (Wildman–Crippen MR) is 38.8 cm³/mol. The zero-order valence-electron chi connectivity index (χ0n) is 5.46. The van der Waals surface area contributed by atoms with Crippen molar-refractivity contribution in [1.82, 2.24) is 0 Å². The zero-order chi connectivity index (χ0) is 5.89. The van der Waals surface area contributed by atoms with Gasteiger partial charge in [-0.15, -0.1) is 9.24 Å². The van der Waals surface area contributed by atoms with Crippen LogP contribution in [0.1, 0.15) is 13.8 Å². The highest BCUT2D eigenvalue weighted by Crippen LogP contribution is 2.66. The first-order valence-electron chi connectivity index (χ1n) is 3.49. The van der Waals surface area contributed by atoms with Crippen LogP contribution in [0, 0.1) is 23.7 Å². The summed E-state index contributed by atoms with van der Waals surface area (Å²) in [6.45, 7) is 4.76. The second kappa shape index (κ2) is 1.29. The molecule has 0 aliphatic heterocycles. The number of hydrogen-bond acceptors (Lipinski definition) is 0. The summed E-state index contributed by atoms with van der Waals surface area (Å²) in [5.41, 5.74) is 0.968. The minimum Gasteiger partial charge on any atom is -0.134 e. The van der Waals surface area contributed by atoms with Gasteiger partial charge in [-0.2, -0.15) is 0 Å². The molecule has 0 N–H and O–H groups in total. The van der Waals surface area contributed by atoms with Crippen LogP contribution in [-0.4, -0.2) is 5.66 Å². The molecule has 6 atom stereocenters. The lowest BCUT2D eigenvalue weighted by molar-refractivity contribution is 0.332. The van der Waals surface area contributed by atoms with Crippen molar-refractivity contribution in [2.75, 3.05) is 0 Å². The van der Waals surface area contributed by atoms with Crippen molar-refractivity contribution < 1.29 is 0 Å². The van der Waals surface area contributed by atoms with Gasteiger partial charge in [0.25, 0.3) is 0 Å². The molecule has 0 aromatic heterocycles. The Kier molecular flexibility index (Phi) is 0.844. The summed E-state index contributed by atoms with van der Waals surface area (Å²) in [6.07, 6.45) is 0. The highest BCUT2D eigenvalue weighted by atomic mass is 31.0. The van der Waals surface area contributed by atoms with E-state index in [1.165, 1.54) is 0 Å². The summed E-state index contributed by atoms with van der Waals surface area (Å²) in [5.74, 6) is 4.31. The monoisotopic (exact) mass is 128 g/mol. The number of rotatable bonds is 0. The number of fused-ring (bicyclic) bond motifs is 1. The first-order valence-corrected chi connectivity index (χ1v) is 4.15. The van der Waals surface area contributed by atoms with E-state index in [0.29, 0.717) is 0 Å². The third-order valence-electron chi connectivity index (χ3n) is 3.18. The fraction of sp³-hybridized carbons (Fsp3) is 1.00. The molecule has 0 spiro atoms. The standard InChI is InChI=1S/C7H13P/c1-3-5-4(2)7(8)6(3)5/h3-7H,8H2,1-2H3. The van der Waals surface area contributed by atoms with Crippen LogP contribution in [0.2, 0.25) is 0 Å². The van der Waals surface area contributed by atoms with Crippen LogP contribution in [0.5, 0.6) is 0 Å². The van der Waals surface area contributed by atoms with Gasteiger partial charge in [-0.05, 0) is 29.3 Å². The summed E-state index contributed by atoms with van der Waals surface area (Å²) in [7, 11) is 2.96. The molecule has 0 aromatic carbocycles. The van der Waals surface area contributed by atoms with E-state index < -0.39 is 0 Å². The maximum absolute atomic E-state index is 2.96. The summed E-state index contributed by atoms with van der Waals surface area (Å²) in [5, 5.41) is 0. The van der Waals surface area contributed by atoms with Gasteiger partial charge >= 0.3 is 0 Å². The smallest absolute Gasteiger partial charge is 0.0202 e. The van der Waals surface area contributed by atoms with Gasteiger partial charge in [0.15, 0.2) is 0 Å². The van der Waals surface area contributed by atoms with Crippen molar-refractivity contribution in [3.05, 3.63) is 0 Å². The van der Waals surface area contributed by atoms with Crippen molar-refractivity contribution in [3.8, 4) is 0 Å². The van der Waals surface area contributed by atoms with E-state index in [0.717, 1.165) is 29.3 Å². The second-order valence-corrected chi connectivity index (χ2v) is 4.22. The molecule has 0 aromatic rings. The van der Waals surface area contributed by atoms with Crippen LogP contribution < -0.4 is 0 Å². The molecule has 0 radical (unpaired) electrons. The highest BCUT2D eigenvalue weighted by molar-refractivity contribution is 7.17. The Balaban J connectivity index is 2.08. The summed E-state index contributed by atoms with van der Waals surface area (Å²) >= 11 is 0. The van der Waals surface area contributed by atoms with Gasteiger partial charge in [-0.25, -0.2) is 0 Å². The molecular weight excluding hydrogens is 115 g/mol. The molecule has 8 heavy (non-hydrogen) atoms. The minimum atomic E-state index is 0.968. The highest BCUT2D eigenvalue weighted by Gasteiger charge is 2.63. The molecule has 0 nitrogen and oxygen atoms in total. The van der Waals surface area contributed by atoms with Gasteiger partial charge in [-0.1, -0.05) is 13.8 Å². The van der Waals surface area contributed by atoms with E-state index in [1.807, 2.05) is 0 Å². The molecule has 0 bridgehead atoms. The third kappa shape index (κ3) is 0.377. The Morgan fingerprint density at radius 1 is 1.00 bits per heavy atom. The van der Waals surface area contributed by atoms with Gasteiger partial charge in [0.05, 0.1) is 0 Å². The Morgan fingerprint density at radius 3 is 1.75 bits per heavy atom. The quantitative estimate of drug-likeness (QED) is 0.436. The Hall–Kier alpha value is 0.430. The van der Waals surface area contributed by atoms with E-state index in [9.17, 15) is 0 Å². The summed E-state index contributed by atoms with van der Waals surface area (Å²) < 4.78 is 0. The van der Waals surface area contributed by atoms with Gasteiger partial charge in [0.1, 0.15) is 0 Å². The first-order chi connectivity index (χ1) is 3.73. The fourth-order valence-corrected chi connectivity index (χ4v) is 3.29. The van der Waals surface area contributed by atoms with Gasteiger partial charge in [0, 0.05) is 0 Å². The van der Waals surface area contributed by atoms with Gasteiger partial charge in [-0.3, -0.25) is 0 Å². The average molecular weight is 128 g/mol. The molecule has 2 saturated carbocycles. The minimum absolute atomic E-state index is 0.968. The number of hydrogen-bond donors (Lipinski definition) is 0. The van der Waals surface area contributed by atoms with E-state index in [2.05, 4.69) is 23.1 Å². The predicted octanol–water partition coefficient (Wildman–Crippen LogP) is 1.76. The van der Waals surface area contributed by atoms with E-state index in [1.54, 1.807) is 0 Å². The van der Waals surface area contributed by atoms with Gasteiger partial charge < -0.3 is 0 Å². The Bertz CT molecular complexity index is 95.6. The molecule has 0 saturated heterocycles. The lowest BCUT2D eigenvalue weighted by Crippen LogP contribution is -2.26. The molecule has 1 heteroatoms. The Morgan fingerprint density at radius 2 is 1.62 bits per heavy atom. The topological polar surface area (TPSA) is 0 Å². The first kappa shape index (κ1) is 5.23. The molecular formula is C7H13P.